The third-order valence-electron chi connectivity index (χ3n) is 4.60. The van der Waals surface area contributed by atoms with Crippen molar-refractivity contribution in [3.8, 4) is 0 Å². The number of nitrogens with one attached hydrogen (secondary N) is 1. The second-order valence-corrected chi connectivity index (χ2v) is 6.00. The van der Waals surface area contributed by atoms with E-state index in [4.69, 9.17) is 0 Å². The fourth-order valence-electron chi connectivity index (χ4n) is 3.38. The molecule has 3 atom stereocenters. The standard InChI is InChI=1S/C16H20N2O3/c1-10-8-18(9-13(10)16(20)21)15(19)14-12-5-3-2-4-11(12)6-7-17-14/h2-5,10,13-14,17H,6-9H2,1H3,(H,20,21)/t10-,13-,14?/m1/s1. The Morgan fingerprint density at radius 3 is 2.76 bits per heavy atom. The molecule has 3 rings (SSSR count). The van der Waals surface area contributed by atoms with Gasteiger partial charge in [0.15, 0.2) is 0 Å². The highest BCUT2D eigenvalue weighted by molar-refractivity contribution is 5.85. The lowest BCUT2D eigenvalue weighted by Gasteiger charge is -2.29. The zero-order chi connectivity index (χ0) is 15.0. The summed E-state index contributed by atoms with van der Waals surface area (Å²) in [6.45, 7) is 3.51. The van der Waals surface area contributed by atoms with Crippen LogP contribution >= 0.6 is 0 Å². The van der Waals surface area contributed by atoms with Crippen molar-refractivity contribution in [3.63, 3.8) is 0 Å². The minimum absolute atomic E-state index is 0.00208. The van der Waals surface area contributed by atoms with Crippen LogP contribution in [0.15, 0.2) is 24.3 Å². The molecule has 1 saturated heterocycles. The van der Waals surface area contributed by atoms with Crippen molar-refractivity contribution in [3.05, 3.63) is 35.4 Å². The zero-order valence-corrected chi connectivity index (χ0v) is 12.1. The van der Waals surface area contributed by atoms with Gasteiger partial charge >= 0.3 is 5.97 Å². The molecule has 0 bridgehead atoms. The smallest absolute Gasteiger partial charge is 0.308 e. The highest BCUT2D eigenvalue weighted by Gasteiger charge is 2.39. The summed E-state index contributed by atoms with van der Waals surface area (Å²) in [4.78, 5) is 25.6. The predicted octanol–water partition coefficient (Wildman–Crippen LogP) is 1.05. The summed E-state index contributed by atoms with van der Waals surface area (Å²) in [5.41, 5.74) is 2.23. The molecule has 0 spiro atoms. The maximum atomic E-state index is 12.7. The number of hydrogen-bond acceptors (Lipinski definition) is 3. The molecular weight excluding hydrogens is 268 g/mol. The van der Waals surface area contributed by atoms with Gasteiger partial charge in [-0.25, -0.2) is 0 Å². The Morgan fingerprint density at radius 2 is 2.05 bits per heavy atom. The number of carbonyl (C=O) groups excluding carboxylic acids is 1. The Hall–Kier alpha value is -1.88. The van der Waals surface area contributed by atoms with Crippen LogP contribution in [0.4, 0.5) is 0 Å². The van der Waals surface area contributed by atoms with E-state index in [2.05, 4.69) is 11.4 Å². The zero-order valence-electron chi connectivity index (χ0n) is 12.1. The van der Waals surface area contributed by atoms with Crippen LogP contribution in [-0.2, 0) is 16.0 Å². The summed E-state index contributed by atoms with van der Waals surface area (Å²) in [5, 5.41) is 12.5. The monoisotopic (exact) mass is 288 g/mol. The summed E-state index contributed by atoms with van der Waals surface area (Å²) >= 11 is 0. The van der Waals surface area contributed by atoms with Crippen LogP contribution in [0.3, 0.4) is 0 Å². The van der Waals surface area contributed by atoms with Crippen LogP contribution in [0.25, 0.3) is 0 Å². The van der Waals surface area contributed by atoms with Crippen LogP contribution in [0.5, 0.6) is 0 Å². The quantitative estimate of drug-likeness (QED) is 0.853. The first-order valence-electron chi connectivity index (χ1n) is 7.40. The van der Waals surface area contributed by atoms with Gasteiger partial charge in [-0.3, -0.25) is 9.59 Å². The van der Waals surface area contributed by atoms with E-state index in [9.17, 15) is 14.7 Å². The van der Waals surface area contributed by atoms with Gasteiger partial charge in [-0.2, -0.15) is 0 Å². The van der Waals surface area contributed by atoms with E-state index in [1.54, 1.807) is 4.90 Å². The Morgan fingerprint density at radius 1 is 1.29 bits per heavy atom. The molecule has 2 aliphatic heterocycles. The number of benzene rings is 1. The molecular formula is C16H20N2O3. The maximum absolute atomic E-state index is 12.7. The molecule has 0 aliphatic carbocycles. The first kappa shape index (κ1) is 14.1. The second kappa shape index (κ2) is 5.48. The number of likely N-dealkylation sites (tertiary alicyclic amines) is 1. The van der Waals surface area contributed by atoms with E-state index in [0.717, 1.165) is 18.5 Å². The lowest BCUT2D eigenvalue weighted by molar-refractivity contribution is -0.142. The van der Waals surface area contributed by atoms with Crippen molar-refractivity contribution >= 4 is 11.9 Å². The minimum atomic E-state index is -0.810. The fraction of sp³-hybridized carbons (Fsp3) is 0.500. The molecule has 0 aromatic heterocycles. The van der Waals surface area contributed by atoms with Crippen LogP contribution < -0.4 is 5.32 Å². The number of carbonyl (C=O) groups is 2. The Balaban J connectivity index is 1.80. The molecule has 1 aromatic rings. The third-order valence-corrected chi connectivity index (χ3v) is 4.60. The molecule has 0 radical (unpaired) electrons. The molecule has 21 heavy (non-hydrogen) atoms. The van der Waals surface area contributed by atoms with Crippen molar-refractivity contribution in [2.24, 2.45) is 11.8 Å². The average Bonchev–Trinajstić information content (AvgIpc) is 2.88. The number of carboxylic acid groups (broad SMARTS) is 1. The SMILES string of the molecule is C[C@@H]1CN(C(=O)C2NCCc3ccccc32)C[C@H]1C(=O)O. The molecule has 1 fully saturated rings. The first-order chi connectivity index (χ1) is 10.1. The molecule has 2 N–H and O–H groups in total. The molecule has 1 amide bonds. The number of hydrogen-bond donors (Lipinski definition) is 2. The molecule has 5 nitrogen and oxygen atoms in total. The van der Waals surface area contributed by atoms with E-state index in [0.29, 0.717) is 13.1 Å². The van der Waals surface area contributed by atoms with Gasteiger partial charge in [0.1, 0.15) is 6.04 Å². The Kier molecular flexibility index (Phi) is 3.68. The predicted molar refractivity (Wildman–Crippen MR) is 77.8 cm³/mol. The maximum Gasteiger partial charge on any atom is 0.308 e. The van der Waals surface area contributed by atoms with Gasteiger partial charge in [0.2, 0.25) is 5.91 Å². The summed E-state index contributed by atoms with van der Waals surface area (Å²) in [5.74, 6) is -1.26. The number of carboxylic acids is 1. The molecule has 1 unspecified atom stereocenters. The van der Waals surface area contributed by atoms with Gasteiger partial charge in [-0.15, -0.1) is 0 Å². The van der Waals surface area contributed by atoms with Gasteiger partial charge in [0.25, 0.3) is 0 Å². The van der Waals surface area contributed by atoms with Crippen molar-refractivity contribution in [2.75, 3.05) is 19.6 Å². The lowest BCUT2D eigenvalue weighted by atomic mass is 9.93. The third kappa shape index (κ3) is 2.53. The molecule has 0 saturated carbocycles. The number of aliphatic carboxylic acids is 1. The molecule has 112 valence electrons. The number of rotatable bonds is 2. The normalized spacial score (nSPS) is 28.2. The molecule has 2 heterocycles. The number of nitrogens with zero attached hydrogens (tertiary/aromatic N) is 1. The highest BCUT2D eigenvalue weighted by Crippen LogP contribution is 2.29. The molecule has 1 aromatic carbocycles. The van der Waals surface area contributed by atoms with Crippen molar-refractivity contribution in [1.82, 2.24) is 10.2 Å². The number of amides is 1. The summed E-state index contributed by atoms with van der Waals surface area (Å²) < 4.78 is 0. The summed E-state index contributed by atoms with van der Waals surface area (Å²) in [7, 11) is 0. The van der Waals surface area contributed by atoms with Crippen LogP contribution in [0, 0.1) is 11.8 Å². The van der Waals surface area contributed by atoms with Gasteiger partial charge in [-0.05, 0) is 23.5 Å². The van der Waals surface area contributed by atoms with E-state index in [1.807, 2.05) is 25.1 Å². The molecule has 5 heteroatoms. The topological polar surface area (TPSA) is 69.6 Å². The summed E-state index contributed by atoms with van der Waals surface area (Å²) in [6, 6.07) is 7.64. The highest BCUT2D eigenvalue weighted by atomic mass is 16.4. The van der Waals surface area contributed by atoms with Crippen molar-refractivity contribution in [2.45, 2.75) is 19.4 Å². The van der Waals surface area contributed by atoms with E-state index in [-0.39, 0.29) is 17.9 Å². The van der Waals surface area contributed by atoms with E-state index < -0.39 is 11.9 Å². The van der Waals surface area contributed by atoms with Gasteiger partial charge < -0.3 is 15.3 Å². The lowest BCUT2D eigenvalue weighted by Crippen LogP contribution is -2.43. The Labute approximate surface area is 123 Å². The fourth-order valence-corrected chi connectivity index (χ4v) is 3.38. The minimum Gasteiger partial charge on any atom is -0.481 e. The number of fused-ring (bicyclic) bond motifs is 1. The van der Waals surface area contributed by atoms with Crippen molar-refractivity contribution < 1.29 is 14.7 Å². The van der Waals surface area contributed by atoms with Crippen molar-refractivity contribution in [1.29, 1.82) is 0 Å². The van der Waals surface area contributed by atoms with Gasteiger partial charge in [-0.1, -0.05) is 31.2 Å². The first-order valence-corrected chi connectivity index (χ1v) is 7.40. The van der Waals surface area contributed by atoms with Gasteiger partial charge in [0, 0.05) is 19.6 Å². The van der Waals surface area contributed by atoms with Crippen LogP contribution in [-0.4, -0.2) is 41.5 Å². The van der Waals surface area contributed by atoms with Crippen LogP contribution in [0.1, 0.15) is 24.1 Å². The Bertz CT molecular complexity index is 572. The second-order valence-electron chi connectivity index (χ2n) is 6.00. The van der Waals surface area contributed by atoms with Gasteiger partial charge in [0.05, 0.1) is 5.92 Å². The van der Waals surface area contributed by atoms with E-state index in [1.165, 1.54) is 5.56 Å². The van der Waals surface area contributed by atoms with Crippen LogP contribution in [0.2, 0.25) is 0 Å². The van der Waals surface area contributed by atoms with E-state index >= 15 is 0 Å². The average molecular weight is 288 g/mol. The summed E-state index contributed by atoms with van der Waals surface area (Å²) in [6.07, 6.45) is 0.925. The largest absolute Gasteiger partial charge is 0.481 e. The molecule has 2 aliphatic rings.